The molecule has 0 aromatic heterocycles. The molecule has 0 spiro atoms. The van der Waals surface area contributed by atoms with Crippen molar-refractivity contribution in [2.24, 2.45) is 5.41 Å². The zero-order chi connectivity index (χ0) is 15.2. The summed E-state index contributed by atoms with van der Waals surface area (Å²) in [5.74, 6) is -0.835. The van der Waals surface area contributed by atoms with Crippen LogP contribution in [0, 0.1) is 5.41 Å². The Labute approximate surface area is 121 Å². The lowest BCUT2D eigenvalue weighted by molar-refractivity contribution is -0.149. The predicted molar refractivity (Wildman–Crippen MR) is 77.7 cm³/mol. The summed E-state index contributed by atoms with van der Waals surface area (Å²) in [6.07, 6.45) is 1.99. The average molecular weight is 285 g/mol. The van der Waals surface area contributed by atoms with Gasteiger partial charge < -0.3 is 20.2 Å². The van der Waals surface area contributed by atoms with Gasteiger partial charge in [-0.1, -0.05) is 13.8 Å². The number of carboxylic acid groups (broad SMARTS) is 1. The van der Waals surface area contributed by atoms with Gasteiger partial charge in [-0.3, -0.25) is 4.79 Å². The van der Waals surface area contributed by atoms with Gasteiger partial charge in [-0.2, -0.15) is 0 Å². The van der Waals surface area contributed by atoms with E-state index in [1.54, 1.807) is 4.90 Å². The maximum absolute atomic E-state index is 12.2. The minimum atomic E-state index is -0.849. The number of carboxylic acids is 1. The van der Waals surface area contributed by atoms with Crippen molar-refractivity contribution in [1.82, 2.24) is 15.1 Å². The van der Waals surface area contributed by atoms with Crippen LogP contribution in [0.25, 0.3) is 0 Å². The Balaban J connectivity index is 2.55. The van der Waals surface area contributed by atoms with E-state index >= 15 is 0 Å². The normalized spacial score (nSPS) is 17.6. The summed E-state index contributed by atoms with van der Waals surface area (Å²) in [5.41, 5.74) is -0.849. The number of carbonyl (C=O) groups excluding carboxylic acids is 1. The molecule has 6 nitrogen and oxygen atoms in total. The van der Waals surface area contributed by atoms with Crippen LogP contribution < -0.4 is 5.32 Å². The molecule has 1 heterocycles. The highest BCUT2D eigenvalue weighted by Gasteiger charge is 2.35. The summed E-state index contributed by atoms with van der Waals surface area (Å²) in [7, 11) is 2.05. The molecular formula is C14H27N3O3. The van der Waals surface area contributed by atoms with Crippen LogP contribution in [0.4, 0.5) is 4.79 Å². The number of aliphatic carboxylic acids is 1. The molecule has 1 aliphatic heterocycles. The van der Waals surface area contributed by atoms with E-state index in [-0.39, 0.29) is 12.6 Å². The van der Waals surface area contributed by atoms with Crippen molar-refractivity contribution in [3.63, 3.8) is 0 Å². The van der Waals surface area contributed by atoms with E-state index in [1.807, 2.05) is 20.9 Å². The van der Waals surface area contributed by atoms with E-state index in [1.165, 1.54) is 0 Å². The van der Waals surface area contributed by atoms with Gasteiger partial charge in [0, 0.05) is 26.2 Å². The van der Waals surface area contributed by atoms with E-state index < -0.39 is 11.4 Å². The van der Waals surface area contributed by atoms with Crippen LogP contribution >= 0.6 is 0 Å². The summed E-state index contributed by atoms with van der Waals surface area (Å²) < 4.78 is 0. The molecule has 116 valence electrons. The monoisotopic (exact) mass is 285 g/mol. The predicted octanol–water partition coefficient (Wildman–Crippen LogP) is 1.22. The highest BCUT2D eigenvalue weighted by atomic mass is 16.4. The number of nitrogens with one attached hydrogen (secondary N) is 1. The average Bonchev–Trinajstić information content (AvgIpc) is 2.64. The minimum Gasteiger partial charge on any atom is -0.481 e. The standard InChI is InChI=1S/C14H27N3O3/c1-4-14(5-2,12(18)19)11-15-13(20)17-8-6-7-16(3)9-10-17/h4-11H2,1-3H3,(H,15,20)(H,18,19). The lowest BCUT2D eigenvalue weighted by Gasteiger charge is -2.29. The fraction of sp³-hybridized carbons (Fsp3) is 0.857. The first-order valence-electron chi connectivity index (χ1n) is 7.40. The van der Waals surface area contributed by atoms with Crippen molar-refractivity contribution in [1.29, 1.82) is 0 Å². The van der Waals surface area contributed by atoms with Gasteiger partial charge in [0.25, 0.3) is 0 Å². The lowest BCUT2D eigenvalue weighted by atomic mass is 9.82. The topological polar surface area (TPSA) is 72.9 Å². The first-order chi connectivity index (χ1) is 9.45. The number of nitrogens with zero attached hydrogens (tertiary/aromatic N) is 2. The molecule has 6 heteroatoms. The van der Waals surface area contributed by atoms with Crippen LogP contribution in [-0.4, -0.2) is 66.7 Å². The van der Waals surface area contributed by atoms with Crippen molar-refractivity contribution in [2.45, 2.75) is 33.1 Å². The molecule has 2 amide bonds. The van der Waals surface area contributed by atoms with Gasteiger partial charge in [-0.05, 0) is 32.9 Å². The largest absolute Gasteiger partial charge is 0.481 e. The van der Waals surface area contributed by atoms with E-state index in [4.69, 9.17) is 0 Å². The lowest BCUT2D eigenvalue weighted by Crippen LogP contribution is -2.48. The second kappa shape index (κ2) is 7.47. The van der Waals surface area contributed by atoms with Crippen LogP contribution in [0.1, 0.15) is 33.1 Å². The number of hydrogen-bond acceptors (Lipinski definition) is 3. The molecule has 1 rings (SSSR count). The Morgan fingerprint density at radius 2 is 1.80 bits per heavy atom. The molecule has 1 saturated heterocycles. The molecule has 20 heavy (non-hydrogen) atoms. The van der Waals surface area contributed by atoms with Gasteiger partial charge >= 0.3 is 12.0 Å². The second-order valence-electron chi connectivity index (χ2n) is 5.60. The van der Waals surface area contributed by atoms with Gasteiger partial charge in [-0.15, -0.1) is 0 Å². The fourth-order valence-electron chi connectivity index (χ4n) is 2.48. The van der Waals surface area contributed by atoms with Crippen LogP contribution in [0.3, 0.4) is 0 Å². The quantitative estimate of drug-likeness (QED) is 0.797. The van der Waals surface area contributed by atoms with Crippen LogP contribution in [0.5, 0.6) is 0 Å². The SMILES string of the molecule is CCC(CC)(CNC(=O)N1CCCN(C)CC1)C(=O)O. The van der Waals surface area contributed by atoms with Gasteiger partial charge in [0.1, 0.15) is 0 Å². The Kier molecular flexibility index (Phi) is 6.26. The third-order valence-electron chi connectivity index (χ3n) is 4.39. The second-order valence-corrected chi connectivity index (χ2v) is 5.60. The summed E-state index contributed by atoms with van der Waals surface area (Å²) in [6.45, 7) is 7.18. The first-order valence-corrected chi connectivity index (χ1v) is 7.40. The smallest absolute Gasteiger partial charge is 0.317 e. The summed E-state index contributed by atoms with van der Waals surface area (Å²) in [4.78, 5) is 27.5. The van der Waals surface area contributed by atoms with Gasteiger partial charge in [0.15, 0.2) is 0 Å². The number of hydrogen-bond donors (Lipinski definition) is 2. The molecule has 2 N–H and O–H groups in total. The summed E-state index contributed by atoms with van der Waals surface area (Å²) >= 11 is 0. The highest BCUT2D eigenvalue weighted by Crippen LogP contribution is 2.25. The van der Waals surface area contributed by atoms with Crippen LogP contribution in [-0.2, 0) is 4.79 Å². The Bertz CT molecular complexity index is 343. The number of carbonyl (C=O) groups is 2. The van der Waals surface area contributed by atoms with E-state index in [0.717, 1.165) is 26.1 Å². The van der Waals surface area contributed by atoms with Crippen LogP contribution in [0.15, 0.2) is 0 Å². The molecule has 1 aliphatic rings. The van der Waals surface area contributed by atoms with Crippen molar-refractivity contribution in [3.05, 3.63) is 0 Å². The van der Waals surface area contributed by atoms with Crippen LogP contribution in [0.2, 0.25) is 0 Å². The third-order valence-corrected chi connectivity index (χ3v) is 4.39. The maximum Gasteiger partial charge on any atom is 0.317 e. The molecule has 0 radical (unpaired) electrons. The zero-order valence-electron chi connectivity index (χ0n) is 12.8. The number of rotatable bonds is 5. The third kappa shape index (κ3) is 4.10. The molecule has 0 aliphatic carbocycles. The minimum absolute atomic E-state index is 0.146. The summed E-state index contributed by atoms with van der Waals surface area (Å²) in [6, 6.07) is -0.146. The fourth-order valence-corrected chi connectivity index (χ4v) is 2.48. The maximum atomic E-state index is 12.2. The van der Waals surface area contributed by atoms with Gasteiger partial charge in [-0.25, -0.2) is 4.79 Å². The number of likely N-dealkylation sites (N-methyl/N-ethyl adjacent to an activating group) is 1. The highest BCUT2D eigenvalue weighted by molar-refractivity contribution is 5.78. The van der Waals surface area contributed by atoms with Gasteiger partial charge in [0.2, 0.25) is 0 Å². The van der Waals surface area contributed by atoms with E-state index in [9.17, 15) is 14.7 Å². The van der Waals surface area contributed by atoms with Crippen molar-refractivity contribution in [3.8, 4) is 0 Å². The first kappa shape index (κ1) is 16.8. The van der Waals surface area contributed by atoms with Gasteiger partial charge in [0.05, 0.1) is 5.41 Å². The molecular weight excluding hydrogens is 258 g/mol. The van der Waals surface area contributed by atoms with Crippen molar-refractivity contribution < 1.29 is 14.7 Å². The number of urea groups is 1. The molecule has 0 unspecified atom stereocenters. The van der Waals surface area contributed by atoms with Crippen molar-refractivity contribution in [2.75, 3.05) is 39.8 Å². The molecule has 1 fully saturated rings. The Morgan fingerprint density at radius 1 is 1.15 bits per heavy atom. The number of amides is 2. The Morgan fingerprint density at radius 3 is 2.35 bits per heavy atom. The molecule has 0 atom stereocenters. The van der Waals surface area contributed by atoms with E-state index in [2.05, 4.69) is 10.2 Å². The molecule has 0 aromatic carbocycles. The summed E-state index contributed by atoms with van der Waals surface area (Å²) in [5, 5.41) is 12.2. The molecule has 0 aromatic rings. The van der Waals surface area contributed by atoms with E-state index in [0.29, 0.717) is 19.4 Å². The Hall–Kier alpha value is -1.30. The van der Waals surface area contributed by atoms with Crippen molar-refractivity contribution >= 4 is 12.0 Å². The molecule has 0 bridgehead atoms. The molecule has 0 saturated carbocycles. The zero-order valence-corrected chi connectivity index (χ0v) is 12.8.